The summed E-state index contributed by atoms with van der Waals surface area (Å²) in [5, 5.41) is 0. The van der Waals surface area contributed by atoms with Crippen LogP contribution in [-0.4, -0.2) is 37.2 Å². The molecule has 1 unspecified atom stereocenters. The molecule has 0 aliphatic carbocycles. The summed E-state index contributed by atoms with van der Waals surface area (Å²) in [6.45, 7) is 6.38. The SMILES string of the molecule is CC/C=C\C/C=C\C/C=C\C/C=C\C/C=C\CCCCCCCCCC(=O)OCC(COC(=O)CCCCCCCCCCCC)OC(=O)CCCCCCCC/C=C\C/C=C\C/C=C\C/C=C\CC. The van der Waals surface area contributed by atoms with Crippen LogP contribution in [0, 0.1) is 0 Å². The number of hydrogen-bond donors (Lipinski definition) is 0. The summed E-state index contributed by atoms with van der Waals surface area (Å²) < 4.78 is 16.8. The van der Waals surface area contributed by atoms with Gasteiger partial charge < -0.3 is 14.2 Å². The van der Waals surface area contributed by atoms with Crippen molar-refractivity contribution in [2.75, 3.05) is 13.2 Å². The van der Waals surface area contributed by atoms with E-state index in [1.165, 1.54) is 83.5 Å². The molecule has 398 valence electrons. The Morgan fingerprint density at radius 3 is 0.871 bits per heavy atom. The molecule has 0 aromatic carbocycles. The summed E-state index contributed by atoms with van der Waals surface area (Å²) in [6.07, 6.45) is 77.9. The van der Waals surface area contributed by atoms with Gasteiger partial charge in [-0.05, 0) is 103 Å². The quantitative estimate of drug-likeness (QED) is 0.0262. The Kier molecular flexibility index (Phi) is 54.4. The molecule has 6 nitrogen and oxygen atoms in total. The topological polar surface area (TPSA) is 78.9 Å². The van der Waals surface area contributed by atoms with Crippen molar-refractivity contribution in [1.29, 1.82) is 0 Å². The highest BCUT2D eigenvalue weighted by Crippen LogP contribution is 2.15. The van der Waals surface area contributed by atoms with Crippen molar-refractivity contribution < 1.29 is 28.6 Å². The largest absolute Gasteiger partial charge is 0.462 e. The van der Waals surface area contributed by atoms with Crippen LogP contribution in [0.5, 0.6) is 0 Å². The van der Waals surface area contributed by atoms with Crippen LogP contribution in [0.4, 0.5) is 0 Å². The van der Waals surface area contributed by atoms with E-state index in [0.29, 0.717) is 19.3 Å². The van der Waals surface area contributed by atoms with Crippen molar-refractivity contribution in [3.8, 4) is 0 Å². The molecular formula is C64H106O6. The molecule has 0 rings (SSSR count). The van der Waals surface area contributed by atoms with Crippen LogP contribution in [0.3, 0.4) is 0 Å². The lowest BCUT2D eigenvalue weighted by Gasteiger charge is -2.18. The molecule has 0 aliphatic heterocycles. The molecule has 0 aliphatic rings. The van der Waals surface area contributed by atoms with Gasteiger partial charge in [0, 0.05) is 19.3 Å². The molecule has 1 atom stereocenters. The monoisotopic (exact) mass is 971 g/mol. The van der Waals surface area contributed by atoms with Gasteiger partial charge in [-0.15, -0.1) is 0 Å². The summed E-state index contributed by atoms with van der Waals surface area (Å²) >= 11 is 0. The number of unbranched alkanes of at least 4 members (excludes halogenated alkanes) is 22. The number of ether oxygens (including phenoxy) is 3. The van der Waals surface area contributed by atoms with Gasteiger partial charge in [-0.1, -0.05) is 246 Å². The van der Waals surface area contributed by atoms with Crippen LogP contribution in [0.25, 0.3) is 0 Å². The number of carbonyl (C=O) groups excluding carboxylic acids is 3. The highest BCUT2D eigenvalue weighted by atomic mass is 16.6. The molecule has 0 fully saturated rings. The number of rotatable bonds is 51. The standard InChI is InChI=1S/C64H106O6/c1-4-7-10-13-16-19-22-24-26-28-30-31-32-33-35-36-38-40-42-45-48-51-54-57-63(66)69-60-61(59-68-62(65)56-53-50-47-44-21-18-15-12-9-6-3)70-64(67)58-55-52-49-46-43-41-39-37-34-29-27-25-23-20-17-14-11-8-5-2/h7-8,10-11,16-17,19-20,24-27,30-31,33-35,37,61H,4-6,9,12-15,18,21-23,28-29,32,36,38-60H2,1-3H3/b10-7-,11-8-,19-16-,20-17-,26-24-,27-25-,31-30-,35-33-,37-34-. The molecule has 0 spiro atoms. The maximum Gasteiger partial charge on any atom is 0.306 e. The first-order chi connectivity index (χ1) is 34.5. The minimum absolute atomic E-state index is 0.0873. The van der Waals surface area contributed by atoms with E-state index < -0.39 is 6.10 Å². The lowest BCUT2D eigenvalue weighted by molar-refractivity contribution is -0.167. The molecule has 0 amide bonds. The molecule has 0 aromatic rings. The third-order valence-electron chi connectivity index (χ3n) is 12.0. The van der Waals surface area contributed by atoms with Gasteiger partial charge >= 0.3 is 17.9 Å². The zero-order valence-electron chi connectivity index (χ0n) is 45.5. The van der Waals surface area contributed by atoms with Crippen molar-refractivity contribution in [3.05, 3.63) is 109 Å². The Labute approximate surface area is 431 Å². The molecule has 0 heterocycles. The van der Waals surface area contributed by atoms with E-state index in [-0.39, 0.29) is 31.1 Å². The molecule has 0 radical (unpaired) electrons. The van der Waals surface area contributed by atoms with E-state index in [2.05, 4.69) is 130 Å². The van der Waals surface area contributed by atoms with Crippen molar-refractivity contribution in [3.63, 3.8) is 0 Å². The Balaban J connectivity index is 4.36. The van der Waals surface area contributed by atoms with Crippen molar-refractivity contribution >= 4 is 17.9 Å². The van der Waals surface area contributed by atoms with Gasteiger partial charge in [0.05, 0.1) is 0 Å². The van der Waals surface area contributed by atoms with E-state index in [1.807, 2.05) is 0 Å². The first-order valence-corrected chi connectivity index (χ1v) is 28.9. The Morgan fingerprint density at radius 2 is 0.557 bits per heavy atom. The van der Waals surface area contributed by atoms with Crippen molar-refractivity contribution in [2.45, 2.75) is 264 Å². The fourth-order valence-corrected chi connectivity index (χ4v) is 7.75. The molecule has 70 heavy (non-hydrogen) atoms. The van der Waals surface area contributed by atoms with Gasteiger partial charge in [-0.25, -0.2) is 0 Å². The highest BCUT2D eigenvalue weighted by Gasteiger charge is 2.19. The summed E-state index contributed by atoms with van der Waals surface area (Å²) in [5.74, 6) is -0.913. The summed E-state index contributed by atoms with van der Waals surface area (Å²) in [6, 6.07) is 0. The lowest BCUT2D eigenvalue weighted by Crippen LogP contribution is -2.30. The first kappa shape index (κ1) is 66.1. The fraction of sp³-hybridized carbons (Fsp3) is 0.672. The predicted molar refractivity (Wildman–Crippen MR) is 302 cm³/mol. The zero-order chi connectivity index (χ0) is 50.7. The summed E-state index contributed by atoms with van der Waals surface area (Å²) in [7, 11) is 0. The second kappa shape index (κ2) is 57.6. The second-order valence-corrected chi connectivity index (χ2v) is 18.8. The number of allylic oxidation sites excluding steroid dienone is 18. The summed E-state index contributed by atoms with van der Waals surface area (Å²) in [5.41, 5.74) is 0. The average molecular weight is 972 g/mol. The van der Waals surface area contributed by atoms with Gasteiger partial charge in [0.1, 0.15) is 13.2 Å². The van der Waals surface area contributed by atoms with Crippen molar-refractivity contribution in [1.82, 2.24) is 0 Å². The Hall–Kier alpha value is -3.93. The molecule has 6 heteroatoms. The van der Waals surface area contributed by atoms with Crippen LogP contribution in [0.2, 0.25) is 0 Å². The van der Waals surface area contributed by atoms with Gasteiger partial charge in [0.25, 0.3) is 0 Å². The number of esters is 3. The molecular weight excluding hydrogens is 865 g/mol. The van der Waals surface area contributed by atoms with Gasteiger partial charge in [0.2, 0.25) is 0 Å². The van der Waals surface area contributed by atoms with Crippen molar-refractivity contribution in [2.24, 2.45) is 0 Å². The van der Waals surface area contributed by atoms with Gasteiger partial charge in [0.15, 0.2) is 6.10 Å². The van der Waals surface area contributed by atoms with Crippen LogP contribution in [0.1, 0.15) is 258 Å². The molecule has 0 bridgehead atoms. The average Bonchev–Trinajstić information content (AvgIpc) is 3.36. The van der Waals surface area contributed by atoms with Gasteiger partial charge in [-0.3, -0.25) is 14.4 Å². The fourth-order valence-electron chi connectivity index (χ4n) is 7.75. The maximum atomic E-state index is 12.8. The normalized spacial score (nSPS) is 12.9. The van der Waals surface area contributed by atoms with Crippen LogP contribution >= 0.6 is 0 Å². The summed E-state index contributed by atoms with van der Waals surface area (Å²) in [4.78, 5) is 38.1. The minimum Gasteiger partial charge on any atom is -0.462 e. The molecule has 0 saturated carbocycles. The molecule has 0 saturated heterocycles. The Bertz CT molecular complexity index is 1440. The van der Waals surface area contributed by atoms with E-state index in [9.17, 15) is 14.4 Å². The predicted octanol–water partition coefficient (Wildman–Crippen LogP) is 19.5. The number of carbonyl (C=O) groups is 3. The third kappa shape index (κ3) is 55.0. The highest BCUT2D eigenvalue weighted by molar-refractivity contribution is 5.71. The molecule has 0 N–H and O–H groups in total. The second-order valence-electron chi connectivity index (χ2n) is 18.8. The van der Waals surface area contributed by atoms with Crippen LogP contribution in [-0.2, 0) is 28.6 Å². The minimum atomic E-state index is -0.791. The zero-order valence-corrected chi connectivity index (χ0v) is 45.5. The first-order valence-electron chi connectivity index (χ1n) is 28.9. The van der Waals surface area contributed by atoms with Gasteiger partial charge in [-0.2, -0.15) is 0 Å². The van der Waals surface area contributed by atoms with Crippen LogP contribution in [0.15, 0.2) is 109 Å². The lowest BCUT2D eigenvalue weighted by atomic mass is 10.1. The molecule has 0 aromatic heterocycles. The van der Waals surface area contributed by atoms with Crippen LogP contribution < -0.4 is 0 Å². The maximum absolute atomic E-state index is 12.8. The Morgan fingerprint density at radius 1 is 0.300 bits per heavy atom. The van der Waals surface area contributed by atoms with E-state index in [0.717, 1.165) is 135 Å². The van der Waals surface area contributed by atoms with E-state index in [1.54, 1.807) is 0 Å². The number of hydrogen-bond acceptors (Lipinski definition) is 6. The van der Waals surface area contributed by atoms with E-state index >= 15 is 0 Å². The smallest absolute Gasteiger partial charge is 0.306 e. The van der Waals surface area contributed by atoms with E-state index in [4.69, 9.17) is 14.2 Å². The third-order valence-corrected chi connectivity index (χ3v) is 12.0.